The summed E-state index contributed by atoms with van der Waals surface area (Å²) in [4.78, 5) is 26.7. The molecule has 0 spiro atoms. The Kier molecular flexibility index (Phi) is 3.07. The molecule has 7 nitrogen and oxygen atoms in total. The van der Waals surface area contributed by atoms with Gasteiger partial charge in [0.2, 0.25) is 0 Å². The second kappa shape index (κ2) is 4.32. The van der Waals surface area contributed by atoms with Gasteiger partial charge in [0, 0.05) is 0 Å². The van der Waals surface area contributed by atoms with Crippen LogP contribution in [0, 0.1) is 0 Å². The number of hydrogen-bond acceptors (Lipinski definition) is 4. The van der Waals surface area contributed by atoms with Crippen molar-refractivity contribution in [3.8, 4) is 0 Å². The topological polar surface area (TPSA) is 120 Å². The molecule has 0 aliphatic rings. The van der Waals surface area contributed by atoms with Crippen molar-refractivity contribution in [2.24, 2.45) is 0 Å². The van der Waals surface area contributed by atoms with Crippen LogP contribution in [0.1, 0.15) is 25.3 Å². The van der Waals surface area contributed by atoms with E-state index < -0.39 is 26.3 Å². The fourth-order valence-electron chi connectivity index (χ4n) is 1.96. The summed E-state index contributed by atoms with van der Waals surface area (Å²) in [5.41, 5.74) is -1.39. The zero-order valence-electron chi connectivity index (χ0n) is 10.2. The molecule has 0 amide bonds. The highest BCUT2D eigenvalue weighted by Crippen LogP contribution is 2.28. The third-order valence-electron chi connectivity index (χ3n) is 2.78. The lowest BCUT2D eigenvalue weighted by Crippen LogP contribution is -2.23. The van der Waals surface area contributed by atoms with Gasteiger partial charge in [-0.15, -0.1) is 0 Å². The molecule has 0 atom stereocenters. The van der Waals surface area contributed by atoms with Crippen LogP contribution in [0.4, 0.5) is 0 Å². The van der Waals surface area contributed by atoms with Crippen molar-refractivity contribution in [3.05, 3.63) is 38.5 Å². The SMILES string of the molecule is CC(C)c1ccc2c(=O)[nH]c(=O)[nH]c2c1S(=O)(=O)O. The maximum Gasteiger partial charge on any atom is 0.326 e. The van der Waals surface area contributed by atoms with Gasteiger partial charge in [0.15, 0.2) is 0 Å². The van der Waals surface area contributed by atoms with Crippen molar-refractivity contribution >= 4 is 21.0 Å². The number of benzene rings is 1. The monoisotopic (exact) mass is 284 g/mol. The van der Waals surface area contributed by atoms with Gasteiger partial charge in [0.05, 0.1) is 10.9 Å². The van der Waals surface area contributed by atoms with Crippen LogP contribution >= 0.6 is 0 Å². The molecule has 102 valence electrons. The highest BCUT2D eigenvalue weighted by molar-refractivity contribution is 7.86. The Morgan fingerprint density at radius 1 is 1.16 bits per heavy atom. The molecule has 3 N–H and O–H groups in total. The lowest BCUT2D eigenvalue weighted by Gasteiger charge is -2.12. The van der Waals surface area contributed by atoms with Gasteiger partial charge in [-0.2, -0.15) is 8.42 Å². The van der Waals surface area contributed by atoms with Gasteiger partial charge < -0.3 is 4.98 Å². The molecule has 19 heavy (non-hydrogen) atoms. The third kappa shape index (κ3) is 2.32. The first-order chi connectivity index (χ1) is 8.71. The quantitative estimate of drug-likeness (QED) is 0.697. The summed E-state index contributed by atoms with van der Waals surface area (Å²) in [6, 6.07) is 2.86. The van der Waals surface area contributed by atoms with Crippen molar-refractivity contribution in [1.29, 1.82) is 0 Å². The number of nitrogens with one attached hydrogen (secondary N) is 2. The van der Waals surface area contributed by atoms with Crippen LogP contribution in [0.3, 0.4) is 0 Å². The Hall–Kier alpha value is -1.93. The summed E-state index contributed by atoms with van der Waals surface area (Å²) in [5, 5.41) is -0.00312. The number of fused-ring (bicyclic) bond motifs is 1. The molecule has 0 unspecified atom stereocenters. The van der Waals surface area contributed by atoms with E-state index in [1.165, 1.54) is 12.1 Å². The second-order valence-electron chi connectivity index (χ2n) is 4.44. The summed E-state index contributed by atoms with van der Waals surface area (Å²) in [6.07, 6.45) is 0. The van der Waals surface area contributed by atoms with Crippen LogP contribution in [-0.4, -0.2) is 22.9 Å². The lowest BCUT2D eigenvalue weighted by molar-refractivity contribution is 0.482. The van der Waals surface area contributed by atoms with Gasteiger partial charge in [0.1, 0.15) is 4.90 Å². The molecule has 0 fully saturated rings. The lowest BCUT2D eigenvalue weighted by atomic mass is 10.0. The Labute approximate surface area is 108 Å². The highest BCUT2D eigenvalue weighted by Gasteiger charge is 2.22. The molecule has 1 aromatic heterocycles. The summed E-state index contributed by atoms with van der Waals surface area (Å²) in [6.45, 7) is 3.47. The van der Waals surface area contributed by atoms with Crippen LogP contribution in [-0.2, 0) is 10.1 Å². The number of hydrogen-bond donors (Lipinski definition) is 3. The van der Waals surface area contributed by atoms with Crippen LogP contribution in [0.15, 0.2) is 26.6 Å². The fraction of sp³-hybridized carbons (Fsp3) is 0.273. The van der Waals surface area contributed by atoms with Crippen molar-refractivity contribution in [2.45, 2.75) is 24.7 Å². The van der Waals surface area contributed by atoms with E-state index >= 15 is 0 Å². The number of aromatic nitrogens is 2. The van der Waals surface area contributed by atoms with Gasteiger partial charge in [-0.3, -0.25) is 14.3 Å². The molecule has 0 aliphatic heterocycles. The average Bonchev–Trinajstić information content (AvgIpc) is 2.25. The van der Waals surface area contributed by atoms with Crippen LogP contribution in [0.25, 0.3) is 10.9 Å². The highest BCUT2D eigenvalue weighted by atomic mass is 32.2. The van der Waals surface area contributed by atoms with Gasteiger partial charge in [0.25, 0.3) is 15.7 Å². The summed E-state index contributed by atoms with van der Waals surface area (Å²) >= 11 is 0. The summed E-state index contributed by atoms with van der Waals surface area (Å²) < 4.78 is 32.4. The Bertz CT molecular complexity index is 861. The standard InChI is InChI=1S/C11H12N2O5S/c1-5(2)6-3-4-7-8(9(6)19(16,17)18)12-11(15)13-10(7)14/h3-5H,1-2H3,(H,16,17,18)(H2,12,13,14,15). The van der Waals surface area contributed by atoms with Crippen LogP contribution in [0.5, 0.6) is 0 Å². The van der Waals surface area contributed by atoms with Crippen LogP contribution < -0.4 is 11.2 Å². The van der Waals surface area contributed by atoms with E-state index in [4.69, 9.17) is 0 Å². The van der Waals surface area contributed by atoms with E-state index in [0.717, 1.165) is 0 Å². The van der Waals surface area contributed by atoms with E-state index in [0.29, 0.717) is 5.56 Å². The molecular formula is C11H12N2O5S. The molecule has 1 aromatic carbocycles. The minimum Gasteiger partial charge on any atom is -0.305 e. The summed E-state index contributed by atoms with van der Waals surface area (Å²) in [7, 11) is -4.56. The van der Waals surface area contributed by atoms with Crippen LogP contribution in [0.2, 0.25) is 0 Å². The van der Waals surface area contributed by atoms with Gasteiger partial charge >= 0.3 is 5.69 Å². The molecule has 0 saturated heterocycles. The maximum absolute atomic E-state index is 11.6. The second-order valence-corrected chi connectivity index (χ2v) is 5.80. The first-order valence-electron chi connectivity index (χ1n) is 5.48. The van der Waals surface area contributed by atoms with Gasteiger partial charge in [-0.05, 0) is 17.5 Å². The molecule has 0 aliphatic carbocycles. The van der Waals surface area contributed by atoms with E-state index in [1.807, 2.05) is 4.98 Å². The summed E-state index contributed by atoms with van der Waals surface area (Å²) in [5.74, 6) is -0.205. The maximum atomic E-state index is 11.6. The van der Waals surface area contributed by atoms with E-state index in [2.05, 4.69) is 4.98 Å². The van der Waals surface area contributed by atoms with Crippen molar-refractivity contribution in [3.63, 3.8) is 0 Å². The largest absolute Gasteiger partial charge is 0.326 e. The Morgan fingerprint density at radius 3 is 2.32 bits per heavy atom. The van der Waals surface area contributed by atoms with Crippen molar-refractivity contribution in [1.82, 2.24) is 9.97 Å². The number of rotatable bonds is 2. The zero-order chi connectivity index (χ0) is 14.4. The first-order valence-corrected chi connectivity index (χ1v) is 6.92. The molecule has 0 bridgehead atoms. The molecule has 8 heteroatoms. The predicted octanol–water partition coefficient (Wildman–Crippen LogP) is 0.587. The smallest absolute Gasteiger partial charge is 0.305 e. The fourth-order valence-corrected chi connectivity index (χ4v) is 2.98. The normalized spacial score (nSPS) is 12.2. The molecule has 0 saturated carbocycles. The minimum atomic E-state index is -4.56. The molecule has 2 rings (SSSR count). The molecule has 2 aromatic rings. The van der Waals surface area contributed by atoms with Gasteiger partial charge in [-0.25, -0.2) is 4.79 Å². The van der Waals surface area contributed by atoms with E-state index in [1.54, 1.807) is 13.8 Å². The van der Waals surface area contributed by atoms with Gasteiger partial charge in [-0.1, -0.05) is 19.9 Å². The third-order valence-corrected chi connectivity index (χ3v) is 3.73. The molecule has 0 radical (unpaired) electrons. The number of H-pyrrole nitrogens is 2. The van der Waals surface area contributed by atoms with E-state index in [9.17, 15) is 22.6 Å². The average molecular weight is 284 g/mol. The Morgan fingerprint density at radius 2 is 1.79 bits per heavy atom. The first kappa shape index (κ1) is 13.5. The zero-order valence-corrected chi connectivity index (χ0v) is 11.0. The van der Waals surface area contributed by atoms with Crippen molar-refractivity contribution in [2.75, 3.05) is 0 Å². The number of aromatic amines is 2. The minimum absolute atomic E-state index is 0.00312. The predicted molar refractivity (Wildman–Crippen MR) is 69.1 cm³/mol. The Balaban J connectivity index is 3.13. The van der Waals surface area contributed by atoms with E-state index in [-0.39, 0.29) is 16.8 Å². The van der Waals surface area contributed by atoms with Crippen molar-refractivity contribution < 1.29 is 13.0 Å². The molecule has 1 heterocycles. The molecular weight excluding hydrogens is 272 g/mol.